The van der Waals surface area contributed by atoms with E-state index in [1.807, 2.05) is 10.9 Å². The van der Waals surface area contributed by atoms with E-state index in [0.29, 0.717) is 11.2 Å². The molecule has 0 N–H and O–H groups in total. The summed E-state index contributed by atoms with van der Waals surface area (Å²) in [7, 11) is 0. The Kier molecular flexibility index (Phi) is 2.74. The summed E-state index contributed by atoms with van der Waals surface area (Å²) in [5, 5.41) is 5.18. The molecule has 17 heavy (non-hydrogen) atoms. The van der Waals surface area contributed by atoms with Gasteiger partial charge >= 0.3 is 0 Å². The molecule has 0 atom stereocenters. The molecule has 1 fully saturated rings. The first-order chi connectivity index (χ1) is 8.28. The van der Waals surface area contributed by atoms with E-state index in [0.717, 1.165) is 16.9 Å². The highest BCUT2D eigenvalue weighted by Gasteiger charge is 2.26. The predicted octanol–water partition coefficient (Wildman–Crippen LogP) is 3.78. The van der Waals surface area contributed by atoms with Gasteiger partial charge in [0.1, 0.15) is 5.82 Å². The van der Waals surface area contributed by atoms with Crippen molar-refractivity contribution >= 4 is 15.9 Å². The van der Waals surface area contributed by atoms with Crippen molar-refractivity contribution in [2.24, 2.45) is 0 Å². The van der Waals surface area contributed by atoms with Crippen LogP contribution in [-0.4, -0.2) is 9.78 Å². The molecule has 0 saturated heterocycles. The van der Waals surface area contributed by atoms with Gasteiger partial charge in [0.25, 0.3) is 0 Å². The maximum atomic E-state index is 13.1. The first kappa shape index (κ1) is 11.0. The molecule has 1 saturated carbocycles. The summed E-state index contributed by atoms with van der Waals surface area (Å²) < 4.78 is 15.0. The summed E-state index contributed by atoms with van der Waals surface area (Å²) in [4.78, 5) is 0. The fraction of sp³-hybridized carbons (Fsp3) is 0.308. The van der Waals surface area contributed by atoms with E-state index in [1.165, 1.54) is 18.9 Å². The molecule has 0 radical (unpaired) electrons. The Hall–Kier alpha value is -1.16. The highest BCUT2D eigenvalue weighted by Crippen LogP contribution is 2.39. The average molecular weight is 295 g/mol. The number of benzene rings is 1. The first-order valence-corrected chi connectivity index (χ1v) is 6.80. The van der Waals surface area contributed by atoms with Crippen molar-refractivity contribution in [3.05, 3.63) is 47.5 Å². The molecule has 0 amide bonds. The van der Waals surface area contributed by atoms with Gasteiger partial charge in [-0.2, -0.15) is 5.10 Å². The van der Waals surface area contributed by atoms with Crippen molar-refractivity contribution < 1.29 is 4.39 Å². The lowest BCUT2D eigenvalue weighted by atomic mass is 10.2. The van der Waals surface area contributed by atoms with Crippen LogP contribution >= 0.6 is 15.9 Å². The van der Waals surface area contributed by atoms with Gasteiger partial charge in [-0.25, -0.2) is 9.07 Å². The largest absolute Gasteiger partial charge is 0.240 e. The minimum absolute atomic E-state index is 0.210. The highest BCUT2D eigenvalue weighted by atomic mass is 79.9. The highest BCUT2D eigenvalue weighted by molar-refractivity contribution is 9.08. The van der Waals surface area contributed by atoms with Crippen molar-refractivity contribution in [3.8, 4) is 5.69 Å². The Labute approximate surface area is 108 Å². The van der Waals surface area contributed by atoms with Crippen LogP contribution in [0.2, 0.25) is 0 Å². The van der Waals surface area contributed by atoms with Crippen LogP contribution in [0.15, 0.2) is 30.5 Å². The van der Waals surface area contributed by atoms with Gasteiger partial charge in [-0.15, -0.1) is 0 Å². The number of hydrogen-bond acceptors (Lipinski definition) is 1. The maximum absolute atomic E-state index is 13.1. The third kappa shape index (κ3) is 2.14. The van der Waals surface area contributed by atoms with Crippen molar-refractivity contribution in [2.75, 3.05) is 0 Å². The molecule has 1 aliphatic carbocycles. The zero-order valence-electron chi connectivity index (χ0n) is 9.24. The van der Waals surface area contributed by atoms with Crippen LogP contribution < -0.4 is 0 Å². The smallest absolute Gasteiger partial charge is 0.123 e. The van der Waals surface area contributed by atoms with Crippen LogP contribution in [0.5, 0.6) is 0 Å². The van der Waals surface area contributed by atoms with Crippen LogP contribution in [0.3, 0.4) is 0 Å². The van der Waals surface area contributed by atoms with Gasteiger partial charge in [0.05, 0.1) is 11.4 Å². The normalized spacial score (nSPS) is 15.2. The molecule has 3 rings (SSSR count). The molecule has 2 nitrogen and oxygen atoms in total. The molecule has 0 unspecified atom stereocenters. The summed E-state index contributed by atoms with van der Waals surface area (Å²) in [6, 6.07) is 6.84. The van der Waals surface area contributed by atoms with Crippen LogP contribution in [0.25, 0.3) is 5.69 Å². The molecule has 1 heterocycles. The molecule has 1 aromatic heterocycles. The Bertz CT molecular complexity index is 546. The minimum Gasteiger partial charge on any atom is -0.240 e. The van der Waals surface area contributed by atoms with E-state index >= 15 is 0 Å². The van der Waals surface area contributed by atoms with Gasteiger partial charge in [-0.3, -0.25) is 0 Å². The Morgan fingerprint density at radius 1 is 1.35 bits per heavy atom. The molecule has 88 valence electrons. The van der Waals surface area contributed by atoms with Gasteiger partial charge in [-0.1, -0.05) is 15.9 Å². The SMILES string of the molecule is Fc1ccc(-n2ccc(C3CC3)n2)c(CBr)c1. The van der Waals surface area contributed by atoms with Crippen molar-refractivity contribution in [3.63, 3.8) is 0 Å². The third-order valence-electron chi connectivity index (χ3n) is 3.04. The van der Waals surface area contributed by atoms with Gasteiger partial charge < -0.3 is 0 Å². The molecular formula is C13H12BrFN2. The second-order valence-corrected chi connectivity index (χ2v) is 4.93. The number of aromatic nitrogens is 2. The molecule has 4 heteroatoms. The van der Waals surface area contributed by atoms with Gasteiger partial charge in [0.15, 0.2) is 0 Å². The molecular weight excluding hydrogens is 283 g/mol. The van der Waals surface area contributed by atoms with E-state index in [2.05, 4.69) is 27.1 Å². The quantitative estimate of drug-likeness (QED) is 0.788. The van der Waals surface area contributed by atoms with Crippen LogP contribution in [0.1, 0.15) is 30.0 Å². The second kappa shape index (κ2) is 4.26. The summed E-state index contributed by atoms with van der Waals surface area (Å²) >= 11 is 3.38. The van der Waals surface area contributed by atoms with Gasteiger partial charge in [0.2, 0.25) is 0 Å². The molecule has 1 aliphatic rings. The standard InChI is InChI=1S/C13H12BrFN2/c14-8-10-7-11(15)3-4-13(10)17-6-5-12(16-17)9-1-2-9/h3-7,9H,1-2,8H2. The lowest BCUT2D eigenvalue weighted by Crippen LogP contribution is -2.00. The fourth-order valence-electron chi connectivity index (χ4n) is 1.95. The third-order valence-corrected chi connectivity index (χ3v) is 3.64. The lowest BCUT2D eigenvalue weighted by molar-refractivity contribution is 0.625. The molecule has 0 aliphatic heterocycles. The van der Waals surface area contributed by atoms with Crippen LogP contribution in [0.4, 0.5) is 4.39 Å². The molecule has 1 aromatic carbocycles. The van der Waals surface area contributed by atoms with Crippen molar-refractivity contribution in [1.29, 1.82) is 0 Å². The predicted molar refractivity (Wildman–Crippen MR) is 68.1 cm³/mol. The van der Waals surface area contributed by atoms with E-state index in [-0.39, 0.29) is 5.82 Å². The summed E-state index contributed by atoms with van der Waals surface area (Å²) in [5.74, 6) is 0.432. The number of nitrogens with zero attached hydrogens (tertiary/aromatic N) is 2. The van der Waals surface area contributed by atoms with Crippen LogP contribution in [-0.2, 0) is 5.33 Å². The summed E-state index contributed by atoms with van der Waals surface area (Å²) in [6.07, 6.45) is 4.44. The van der Waals surface area contributed by atoms with Crippen LogP contribution in [0, 0.1) is 5.82 Å². The zero-order chi connectivity index (χ0) is 11.8. The summed E-state index contributed by atoms with van der Waals surface area (Å²) in [5.41, 5.74) is 3.00. The Morgan fingerprint density at radius 2 is 2.18 bits per heavy atom. The zero-order valence-corrected chi connectivity index (χ0v) is 10.8. The van der Waals surface area contributed by atoms with Crippen molar-refractivity contribution in [2.45, 2.75) is 24.1 Å². The van der Waals surface area contributed by atoms with Gasteiger partial charge in [0, 0.05) is 17.4 Å². The van der Waals surface area contributed by atoms with Gasteiger partial charge in [-0.05, 0) is 42.7 Å². The summed E-state index contributed by atoms with van der Waals surface area (Å²) in [6.45, 7) is 0. The molecule has 2 aromatic rings. The monoisotopic (exact) mass is 294 g/mol. The number of halogens is 2. The number of alkyl halides is 1. The second-order valence-electron chi connectivity index (χ2n) is 4.37. The average Bonchev–Trinajstić information content (AvgIpc) is 3.08. The Morgan fingerprint density at radius 3 is 2.88 bits per heavy atom. The lowest BCUT2D eigenvalue weighted by Gasteiger charge is -2.07. The number of hydrogen-bond donors (Lipinski definition) is 0. The van der Waals surface area contributed by atoms with E-state index in [4.69, 9.17) is 0 Å². The van der Waals surface area contributed by atoms with E-state index in [9.17, 15) is 4.39 Å². The Balaban J connectivity index is 2.01. The van der Waals surface area contributed by atoms with E-state index in [1.54, 1.807) is 12.1 Å². The molecule has 0 bridgehead atoms. The topological polar surface area (TPSA) is 17.8 Å². The first-order valence-electron chi connectivity index (χ1n) is 5.68. The fourth-order valence-corrected chi connectivity index (χ4v) is 2.40. The minimum atomic E-state index is -0.210. The number of rotatable bonds is 3. The van der Waals surface area contributed by atoms with Crippen molar-refractivity contribution in [1.82, 2.24) is 9.78 Å². The maximum Gasteiger partial charge on any atom is 0.123 e. The van der Waals surface area contributed by atoms with E-state index < -0.39 is 0 Å². The molecule has 0 spiro atoms.